The van der Waals surface area contributed by atoms with Crippen LogP contribution in [0.15, 0.2) is 89.6 Å². The summed E-state index contributed by atoms with van der Waals surface area (Å²) in [5.41, 5.74) is 3.59. The van der Waals surface area contributed by atoms with Crippen LogP contribution in [0.2, 0.25) is 0 Å². The van der Waals surface area contributed by atoms with Crippen LogP contribution >= 0.6 is 0 Å². The number of nitrogens with zero attached hydrogens (tertiary/aromatic N) is 2. The highest BCUT2D eigenvalue weighted by atomic mass is 16.6. The predicted molar refractivity (Wildman–Crippen MR) is 112 cm³/mol. The molecule has 148 valence electrons. The summed E-state index contributed by atoms with van der Waals surface area (Å²) in [6.07, 6.45) is 4.31. The molecule has 0 aliphatic heterocycles. The fraction of sp³-hybridized carbons (Fsp3) is 0.0435. The van der Waals surface area contributed by atoms with Gasteiger partial charge in [-0.25, -0.2) is 0 Å². The molecule has 4 rings (SSSR count). The molecule has 0 saturated heterocycles. The Hall–Kier alpha value is -4.26. The Balaban J connectivity index is 1.41. The summed E-state index contributed by atoms with van der Waals surface area (Å²) in [7, 11) is 0. The van der Waals surface area contributed by atoms with Gasteiger partial charge in [0.05, 0.1) is 4.92 Å². The molecule has 7 nitrogen and oxygen atoms in total. The molecule has 0 unspecified atom stereocenters. The van der Waals surface area contributed by atoms with Crippen LogP contribution in [0.3, 0.4) is 0 Å². The number of nitro benzene ring substituents is 1. The van der Waals surface area contributed by atoms with Crippen molar-refractivity contribution in [3.8, 4) is 11.3 Å². The number of hydrogen-bond acceptors (Lipinski definition) is 5. The number of aromatic nitrogens is 1. The van der Waals surface area contributed by atoms with E-state index in [1.807, 2.05) is 36.4 Å². The minimum atomic E-state index is -0.465. The van der Waals surface area contributed by atoms with Crippen molar-refractivity contribution in [3.05, 3.63) is 112 Å². The molecular formula is C23H17N3O4. The van der Waals surface area contributed by atoms with Gasteiger partial charge in [-0.1, -0.05) is 12.1 Å². The Kier molecular flexibility index (Phi) is 5.34. The lowest BCUT2D eigenvalue weighted by molar-refractivity contribution is -0.384. The van der Waals surface area contributed by atoms with Gasteiger partial charge in [0.25, 0.3) is 11.6 Å². The van der Waals surface area contributed by atoms with Crippen molar-refractivity contribution in [3.63, 3.8) is 0 Å². The SMILES string of the molecule is O=C(Nc1ccc(Cc2ccncc2)cc1)c1ccc(-c2ccc([N+](=O)[O-])cc2)o1. The third-order valence-corrected chi connectivity index (χ3v) is 4.56. The van der Waals surface area contributed by atoms with E-state index >= 15 is 0 Å². The van der Waals surface area contributed by atoms with Gasteiger partial charge in [-0.05, 0) is 66.1 Å². The Bertz CT molecular complexity index is 1170. The fourth-order valence-electron chi connectivity index (χ4n) is 3.00. The summed E-state index contributed by atoms with van der Waals surface area (Å²) in [5, 5.41) is 13.6. The Labute approximate surface area is 172 Å². The summed E-state index contributed by atoms with van der Waals surface area (Å²) in [4.78, 5) is 26.8. The van der Waals surface area contributed by atoms with Gasteiger partial charge >= 0.3 is 0 Å². The van der Waals surface area contributed by atoms with Crippen molar-refractivity contribution in [2.24, 2.45) is 0 Å². The number of furan rings is 1. The molecule has 0 radical (unpaired) electrons. The third-order valence-electron chi connectivity index (χ3n) is 4.56. The molecule has 30 heavy (non-hydrogen) atoms. The van der Waals surface area contributed by atoms with E-state index in [-0.39, 0.29) is 17.4 Å². The number of nitrogens with one attached hydrogen (secondary N) is 1. The molecule has 0 bridgehead atoms. The Morgan fingerprint density at radius 2 is 1.57 bits per heavy atom. The summed E-state index contributed by atoms with van der Waals surface area (Å²) in [5.74, 6) is 0.247. The van der Waals surface area contributed by atoms with Crippen LogP contribution in [0, 0.1) is 10.1 Å². The van der Waals surface area contributed by atoms with Gasteiger partial charge in [0, 0.05) is 35.8 Å². The highest BCUT2D eigenvalue weighted by Crippen LogP contribution is 2.25. The first kappa shape index (κ1) is 19.1. The smallest absolute Gasteiger partial charge is 0.291 e. The van der Waals surface area contributed by atoms with E-state index in [0.717, 1.165) is 17.5 Å². The number of rotatable bonds is 6. The standard InChI is InChI=1S/C23H17N3O4/c27-23(22-10-9-21(30-22)18-3-7-20(8-4-18)26(28)29)25-19-5-1-16(2-6-19)15-17-11-13-24-14-12-17/h1-14H,15H2,(H,25,27). The monoisotopic (exact) mass is 399 g/mol. The number of nitro groups is 1. The zero-order valence-electron chi connectivity index (χ0n) is 15.8. The molecule has 0 aliphatic carbocycles. The van der Waals surface area contributed by atoms with Crippen molar-refractivity contribution < 1.29 is 14.1 Å². The minimum absolute atomic E-state index is 0.00403. The third kappa shape index (κ3) is 4.41. The lowest BCUT2D eigenvalue weighted by Gasteiger charge is -2.06. The van der Waals surface area contributed by atoms with Gasteiger partial charge in [-0.2, -0.15) is 0 Å². The van der Waals surface area contributed by atoms with Gasteiger partial charge in [0.1, 0.15) is 5.76 Å². The van der Waals surface area contributed by atoms with Crippen LogP contribution in [0.25, 0.3) is 11.3 Å². The first-order valence-corrected chi connectivity index (χ1v) is 9.22. The molecule has 2 aromatic carbocycles. The predicted octanol–water partition coefficient (Wildman–Crippen LogP) is 5.09. The van der Waals surface area contributed by atoms with Crippen molar-refractivity contribution in [2.75, 3.05) is 5.32 Å². The summed E-state index contributed by atoms with van der Waals surface area (Å²) >= 11 is 0. The number of carbonyl (C=O) groups is 1. The van der Waals surface area contributed by atoms with Crippen molar-refractivity contribution >= 4 is 17.3 Å². The second-order valence-corrected chi connectivity index (χ2v) is 6.65. The van der Waals surface area contributed by atoms with Gasteiger partial charge in [0.15, 0.2) is 5.76 Å². The van der Waals surface area contributed by atoms with Gasteiger partial charge < -0.3 is 9.73 Å². The molecule has 7 heteroatoms. The molecule has 1 amide bonds. The highest BCUT2D eigenvalue weighted by Gasteiger charge is 2.13. The molecule has 0 aliphatic rings. The normalized spacial score (nSPS) is 10.5. The zero-order chi connectivity index (χ0) is 20.9. The fourth-order valence-corrected chi connectivity index (χ4v) is 3.00. The van der Waals surface area contributed by atoms with Crippen LogP contribution in [0.4, 0.5) is 11.4 Å². The van der Waals surface area contributed by atoms with Crippen molar-refractivity contribution in [1.29, 1.82) is 0 Å². The second kappa shape index (κ2) is 8.40. The molecule has 4 aromatic rings. The van der Waals surface area contributed by atoms with Crippen molar-refractivity contribution in [1.82, 2.24) is 4.98 Å². The molecule has 1 N–H and O–H groups in total. The molecular weight excluding hydrogens is 382 g/mol. The second-order valence-electron chi connectivity index (χ2n) is 6.65. The minimum Gasteiger partial charge on any atom is -0.451 e. The van der Waals surface area contributed by atoms with Gasteiger partial charge in [-0.3, -0.25) is 19.9 Å². The lowest BCUT2D eigenvalue weighted by Crippen LogP contribution is -2.10. The number of non-ortho nitro benzene ring substituents is 1. The number of carbonyl (C=O) groups excluding carboxylic acids is 1. The van der Waals surface area contributed by atoms with E-state index < -0.39 is 4.92 Å². The number of amides is 1. The Morgan fingerprint density at radius 3 is 2.23 bits per heavy atom. The van der Waals surface area contributed by atoms with E-state index in [1.165, 1.54) is 12.1 Å². The molecule has 0 saturated carbocycles. The van der Waals surface area contributed by atoms with Crippen molar-refractivity contribution in [2.45, 2.75) is 6.42 Å². The first-order chi connectivity index (χ1) is 14.6. The number of anilines is 1. The topological polar surface area (TPSA) is 98.3 Å². The lowest BCUT2D eigenvalue weighted by atomic mass is 10.1. The zero-order valence-corrected chi connectivity index (χ0v) is 15.8. The average molecular weight is 399 g/mol. The van der Waals surface area contributed by atoms with Crippen LogP contribution in [-0.4, -0.2) is 15.8 Å². The van der Waals surface area contributed by atoms with Crippen LogP contribution in [-0.2, 0) is 6.42 Å². The number of benzene rings is 2. The molecule has 0 fully saturated rings. The maximum absolute atomic E-state index is 12.5. The highest BCUT2D eigenvalue weighted by molar-refractivity contribution is 6.02. The van der Waals surface area contributed by atoms with Crippen LogP contribution in [0.5, 0.6) is 0 Å². The maximum Gasteiger partial charge on any atom is 0.291 e. The summed E-state index contributed by atoms with van der Waals surface area (Å²) in [6.45, 7) is 0. The first-order valence-electron chi connectivity index (χ1n) is 9.22. The van der Waals surface area contributed by atoms with Gasteiger partial charge in [0.2, 0.25) is 0 Å². The largest absolute Gasteiger partial charge is 0.451 e. The Morgan fingerprint density at radius 1 is 0.900 bits per heavy atom. The van der Waals surface area contributed by atoms with E-state index in [2.05, 4.69) is 10.3 Å². The van der Waals surface area contributed by atoms with E-state index in [1.54, 1.807) is 36.7 Å². The molecule has 2 heterocycles. The van der Waals surface area contributed by atoms with Gasteiger partial charge in [-0.15, -0.1) is 0 Å². The average Bonchev–Trinajstić information content (AvgIpc) is 3.26. The van der Waals surface area contributed by atoms with E-state index in [4.69, 9.17) is 4.42 Å². The maximum atomic E-state index is 12.5. The van der Waals surface area contributed by atoms with E-state index in [0.29, 0.717) is 17.0 Å². The summed E-state index contributed by atoms with van der Waals surface area (Å²) < 4.78 is 5.62. The molecule has 0 spiro atoms. The molecule has 2 aromatic heterocycles. The summed E-state index contributed by atoms with van der Waals surface area (Å²) in [6, 6.07) is 20.7. The number of pyridine rings is 1. The quantitative estimate of drug-likeness (QED) is 0.360. The van der Waals surface area contributed by atoms with Crippen LogP contribution < -0.4 is 5.32 Å². The molecule has 0 atom stereocenters. The van der Waals surface area contributed by atoms with Crippen LogP contribution in [0.1, 0.15) is 21.7 Å². The number of hydrogen-bond donors (Lipinski definition) is 1. The van der Waals surface area contributed by atoms with E-state index in [9.17, 15) is 14.9 Å².